The fraction of sp³-hybridized carbons (Fsp3) is 0.467. The second-order valence-corrected chi connectivity index (χ2v) is 7.64. The summed E-state index contributed by atoms with van der Waals surface area (Å²) in [6.07, 6.45) is 2.35. The number of aryl methyl sites for hydroxylation is 2. The minimum atomic E-state index is -3.60. The van der Waals surface area contributed by atoms with E-state index < -0.39 is 10.0 Å². The monoisotopic (exact) mass is 334 g/mol. The molecule has 0 fully saturated rings. The Morgan fingerprint density at radius 3 is 3.13 bits per heavy atom. The van der Waals surface area contributed by atoms with E-state index in [1.54, 1.807) is 22.9 Å². The molecule has 2 aromatic rings. The summed E-state index contributed by atoms with van der Waals surface area (Å²) in [6, 6.07) is 4.68. The first kappa shape index (κ1) is 14.6. The van der Waals surface area contributed by atoms with Crippen LogP contribution in [0.1, 0.15) is 36.1 Å². The number of ether oxygens (including phenoxy) is 1. The molecule has 2 aliphatic rings. The van der Waals surface area contributed by atoms with Crippen molar-refractivity contribution in [2.75, 3.05) is 6.61 Å². The number of rotatable bonds is 3. The van der Waals surface area contributed by atoms with Crippen LogP contribution in [0.15, 0.2) is 23.1 Å². The molecule has 2 aliphatic heterocycles. The highest BCUT2D eigenvalue weighted by Gasteiger charge is 2.29. The summed E-state index contributed by atoms with van der Waals surface area (Å²) >= 11 is 0. The van der Waals surface area contributed by atoms with Crippen LogP contribution in [0.25, 0.3) is 0 Å². The van der Waals surface area contributed by atoms with Crippen LogP contribution >= 0.6 is 0 Å². The van der Waals surface area contributed by atoms with Crippen molar-refractivity contribution in [3.63, 3.8) is 0 Å². The Morgan fingerprint density at radius 2 is 2.26 bits per heavy atom. The quantitative estimate of drug-likeness (QED) is 0.915. The second kappa shape index (κ2) is 5.31. The third kappa shape index (κ3) is 2.61. The number of fused-ring (bicyclic) bond motifs is 2. The van der Waals surface area contributed by atoms with Crippen molar-refractivity contribution in [3.05, 3.63) is 35.4 Å². The molecule has 1 atom stereocenters. The lowest BCUT2D eigenvalue weighted by atomic mass is 10.1. The van der Waals surface area contributed by atoms with Crippen LogP contribution in [0, 0.1) is 6.92 Å². The molecule has 0 aliphatic carbocycles. The van der Waals surface area contributed by atoms with Crippen LogP contribution in [0.3, 0.4) is 0 Å². The lowest BCUT2D eigenvalue weighted by Gasteiger charge is -2.23. The first-order chi connectivity index (χ1) is 11.0. The highest BCUT2D eigenvalue weighted by molar-refractivity contribution is 7.89. The van der Waals surface area contributed by atoms with Gasteiger partial charge in [0.25, 0.3) is 0 Å². The molecule has 0 bridgehead atoms. The summed E-state index contributed by atoms with van der Waals surface area (Å²) < 4.78 is 35.4. The summed E-state index contributed by atoms with van der Waals surface area (Å²) in [7, 11) is -3.60. The molecule has 3 heterocycles. The van der Waals surface area contributed by atoms with Crippen LogP contribution < -0.4 is 9.46 Å². The van der Waals surface area contributed by atoms with Gasteiger partial charge in [-0.25, -0.2) is 22.8 Å². The van der Waals surface area contributed by atoms with Crippen molar-refractivity contribution in [2.24, 2.45) is 0 Å². The van der Waals surface area contributed by atoms with E-state index in [0.717, 1.165) is 37.1 Å². The van der Waals surface area contributed by atoms with Crippen LogP contribution in [-0.2, 0) is 23.0 Å². The highest BCUT2D eigenvalue weighted by Crippen LogP contribution is 2.29. The van der Waals surface area contributed by atoms with Crippen LogP contribution in [-0.4, -0.2) is 29.8 Å². The summed E-state index contributed by atoms with van der Waals surface area (Å²) in [6.45, 7) is 3.21. The molecule has 0 saturated heterocycles. The maximum Gasteiger partial charge on any atom is 0.241 e. The zero-order chi connectivity index (χ0) is 16.0. The van der Waals surface area contributed by atoms with Crippen LogP contribution in [0.4, 0.5) is 0 Å². The van der Waals surface area contributed by atoms with E-state index in [2.05, 4.69) is 14.8 Å². The van der Waals surface area contributed by atoms with Gasteiger partial charge in [-0.2, -0.15) is 5.10 Å². The zero-order valence-electron chi connectivity index (χ0n) is 12.8. The zero-order valence-corrected chi connectivity index (χ0v) is 13.6. The van der Waals surface area contributed by atoms with Crippen molar-refractivity contribution in [3.8, 4) is 5.75 Å². The number of nitrogens with zero attached hydrogens (tertiary/aromatic N) is 3. The predicted molar refractivity (Wildman–Crippen MR) is 82.7 cm³/mol. The summed E-state index contributed by atoms with van der Waals surface area (Å²) in [5.74, 6) is 2.14. The van der Waals surface area contributed by atoms with E-state index in [-0.39, 0.29) is 10.9 Å². The van der Waals surface area contributed by atoms with Gasteiger partial charge in [-0.15, -0.1) is 0 Å². The SMILES string of the molecule is Cc1nc2n(n1)CCCC2NS(=O)(=O)c1ccc2c(c1)CCO2. The molecule has 4 rings (SSSR count). The number of nitrogens with one attached hydrogen (secondary N) is 1. The molecule has 23 heavy (non-hydrogen) atoms. The fourth-order valence-electron chi connectivity index (χ4n) is 3.17. The van der Waals surface area contributed by atoms with Gasteiger partial charge in [-0.05, 0) is 43.5 Å². The third-order valence-corrected chi connectivity index (χ3v) is 5.72. The maximum absolute atomic E-state index is 12.7. The fourth-order valence-corrected chi connectivity index (χ4v) is 4.44. The van der Waals surface area contributed by atoms with Gasteiger partial charge in [-0.3, -0.25) is 0 Å². The van der Waals surface area contributed by atoms with Crippen molar-refractivity contribution < 1.29 is 13.2 Å². The Morgan fingerprint density at radius 1 is 1.39 bits per heavy atom. The van der Waals surface area contributed by atoms with Gasteiger partial charge in [0.1, 0.15) is 17.4 Å². The lowest BCUT2D eigenvalue weighted by Crippen LogP contribution is -2.33. The predicted octanol–water partition coefficient (Wildman–Crippen LogP) is 1.33. The van der Waals surface area contributed by atoms with E-state index in [4.69, 9.17) is 4.74 Å². The van der Waals surface area contributed by atoms with Crippen LogP contribution in [0.5, 0.6) is 5.75 Å². The van der Waals surface area contributed by atoms with Crippen molar-refractivity contribution >= 4 is 10.0 Å². The average molecular weight is 334 g/mol. The van der Waals surface area contributed by atoms with E-state index in [0.29, 0.717) is 18.3 Å². The number of benzene rings is 1. The Hall–Kier alpha value is -1.93. The first-order valence-corrected chi connectivity index (χ1v) is 9.21. The number of hydrogen-bond donors (Lipinski definition) is 1. The molecule has 1 unspecified atom stereocenters. The molecular weight excluding hydrogens is 316 g/mol. The lowest BCUT2D eigenvalue weighted by molar-refractivity contribution is 0.356. The van der Waals surface area contributed by atoms with Crippen molar-refractivity contribution in [2.45, 2.75) is 43.7 Å². The summed E-state index contributed by atoms with van der Waals surface area (Å²) in [4.78, 5) is 4.65. The van der Waals surface area contributed by atoms with Gasteiger partial charge in [0.15, 0.2) is 0 Å². The average Bonchev–Trinajstić information content (AvgIpc) is 3.11. The molecule has 122 valence electrons. The van der Waals surface area contributed by atoms with Crippen molar-refractivity contribution in [1.82, 2.24) is 19.5 Å². The third-order valence-electron chi connectivity index (χ3n) is 4.25. The highest BCUT2D eigenvalue weighted by atomic mass is 32.2. The van der Waals surface area contributed by atoms with Gasteiger partial charge in [0.05, 0.1) is 17.5 Å². The van der Waals surface area contributed by atoms with Gasteiger partial charge >= 0.3 is 0 Å². The van der Waals surface area contributed by atoms with E-state index in [1.165, 1.54) is 0 Å². The number of hydrogen-bond acceptors (Lipinski definition) is 5. The van der Waals surface area contributed by atoms with E-state index >= 15 is 0 Å². The van der Waals surface area contributed by atoms with Gasteiger partial charge in [0.2, 0.25) is 10.0 Å². The molecule has 1 aromatic heterocycles. The molecular formula is C15H18N4O3S. The van der Waals surface area contributed by atoms with Gasteiger partial charge in [-0.1, -0.05) is 0 Å². The molecule has 8 heteroatoms. The largest absolute Gasteiger partial charge is 0.493 e. The molecule has 0 amide bonds. The Bertz CT molecular complexity index is 860. The van der Waals surface area contributed by atoms with Gasteiger partial charge < -0.3 is 4.74 Å². The second-order valence-electron chi connectivity index (χ2n) is 5.92. The van der Waals surface area contributed by atoms with Crippen molar-refractivity contribution in [1.29, 1.82) is 0 Å². The summed E-state index contributed by atoms with van der Waals surface area (Å²) in [5, 5.41) is 4.31. The topological polar surface area (TPSA) is 86.1 Å². The minimum Gasteiger partial charge on any atom is -0.493 e. The molecule has 1 N–H and O–H groups in total. The minimum absolute atomic E-state index is 0.273. The number of aromatic nitrogens is 3. The molecule has 0 spiro atoms. The van der Waals surface area contributed by atoms with Gasteiger partial charge in [0, 0.05) is 13.0 Å². The van der Waals surface area contributed by atoms with Crippen LogP contribution in [0.2, 0.25) is 0 Å². The van der Waals surface area contributed by atoms with E-state index in [9.17, 15) is 8.42 Å². The molecule has 7 nitrogen and oxygen atoms in total. The molecule has 1 aromatic carbocycles. The Labute approximate surface area is 134 Å². The normalized spacial score (nSPS) is 20.0. The Kier molecular flexibility index (Phi) is 3.38. The summed E-state index contributed by atoms with van der Waals surface area (Å²) in [5.41, 5.74) is 0.940. The van der Waals surface area contributed by atoms with E-state index in [1.807, 2.05) is 6.92 Å². The maximum atomic E-state index is 12.7. The Balaban J connectivity index is 1.63. The first-order valence-electron chi connectivity index (χ1n) is 7.72. The standard InChI is InChI=1S/C15H18N4O3S/c1-10-16-15-13(3-2-7-19(15)17-10)18-23(20,21)12-4-5-14-11(9-12)6-8-22-14/h4-5,9,13,18H,2-3,6-8H2,1H3. The molecule has 0 saturated carbocycles. The smallest absolute Gasteiger partial charge is 0.241 e. The number of sulfonamides is 1. The molecule has 0 radical (unpaired) electrons.